The quantitative estimate of drug-likeness (QED) is 0.899. The van der Waals surface area contributed by atoms with Crippen LogP contribution in [0.1, 0.15) is 17.2 Å². The number of hydrogen-bond donors (Lipinski definition) is 1. The summed E-state index contributed by atoms with van der Waals surface area (Å²) in [7, 11) is 1.89. The van der Waals surface area contributed by atoms with Gasteiger partial charge < -0.3 is 10.1 Å². The first-order valence-corrected chi connectivity index (χ1v) is 6.33. The number of aromatic nitrogens is 1. The van der Waals surface area contributed by atoms with Gasteiger partial charge in [-0.3, -0.25) is 4.98 Å². The van der Waals surface area contributed by atoms with Gasteiger partial charge >= 0.3 is 0 Å². The predicted molar refractivity (Wildman–Crippen MR) is 71.1 cm³/mol. The molecule has 0 bridgehead atoms. The van der Waals surface area contributed by atoms with Crippen LogP contribution in [0.5, 0.6) is 11.5 Å². The summed E-state index contributed by atoms with van der Waals surface area (Å²) in [4.78, 5) is 4.37. The van der Waals surface area contributed by atoms with E-state index >= 15 is 0 Å². The number of nitrogens with zero attached hydrogens (tertiary/aromatic N) is 1. The monoisotopic (exact) mass is 258 g/mol. The highest BCUT2D eigenvalue weighted by molar-refractivity contribution is 5.45. The Balaban J connectivity index is 2.10. The molecule has 4 heteroatoms. The molecule has 0 unspecified atom stereocenters. The average Bonchev–Trinajstić information content (AvgIpc) is 2.56. The lowest BCUT2D eigenvalue weighted by Gasteiger charge is -2.15. The van der Waals surface area contributed by atoms with Gasteiger partial charge in [0.05, 0.1) is 5.69 Å². The van der Waals surface area contributed by atoms with Crippen molar-refractivity contribution in [2.24, 2.45) is 0 Å². The molecule has 98 valence electrons. The van der Waals surface area contributed by atoms with Crippen molar-refractivity contribution in [2.45, 2.75) is 12.3 Å². The minimum Gasteiger partial charge on any atom is -0.455 e. The average molecular weight is 258 g/mol. The van der Waals surface area contributed by atoms with Crippen molar-refractivity contribution in [3.63, 3.8) is 0 Å². The molecule has 1 aromatic carbocycles. The van der Waals surface area contributed by atoms with Gasteiger partial charge in [0, 0.05) is 30.6 Å². The Morgan fingerprint density at radius 1 is 1.37 bits per heavy atom. The van der Waals surface area contributed by atoms with E-state index in [1.807, 2.05) is 19.2 Å². The van der Waals surface area contributed by atoms with Crippen molar-refractivity contribution in [3.8, 4) is 11.5 Å². The summed E-state index contributed by atoms with van der Waals surface area (Å²) < 4.78 is 19.4. The zero-order valence-corrected chi connectivity index (χ0v) is 10.7. The predicted octanol–water partition coefficient (Wildman–Crippen LogP) is 2.87. The van der Waals surface area contributed by atoms with Gasteiger partial charge in [-0.2, -0.15) is 0 Å². The molecule has 0 aliphatic carbocycles. The molecule has 1 aromatic heterocycles. The molecule has 0 amide bonds. The molecule has 1 aliphatic heterocycles. The van der Waals surface area contributed by atoms with Gasteiger partial charge in [0.15, 0.2) is 0 Å². The number of hydrogen-bond acceptors (Lipinski definition) is 3. The third kappa shape index (κ3) is 2.31. The number of fused-ring (bicyclic) bond motifs is 2. The highest BCUT2D eigenvalue weighted by Crippen LogP contribution is 2.38. The van der Waals surface area contributed by atoms with Crippen molar-refractivity contribution < 1.29 is 9.13 Å². The third-order valence-electron chi connectivity index (χ3n) is 3.37. The fraction of sp³-hybridized carbons (Fsp3) is 0.267. The summed E-state index contributed by atoms with van der Waals surface area (Å²) in [6.07, 6.45) is 2.50. The number of ether oxygens (including phenoxy) is 1. The second-order valence-electron chi connectivity index (χ2n) is 4.69. The van der Waals surface area contributed by atoms with Gasteiger partial charge in [-0.05, 0) is 37.4 Å². The molecule has 1 N–H and O–H groups in total. The number of benzene rings is 1. The van der Waals surface area contributed by atoms with Crippen molar-refractivity contribution >= 4 is 0 Å². The first kappa shape index (κ1) is 12.1. The van der Waals surface area contributed by atoms with Crippen LogP contribution < -0.4 is 10.1 Å². The van der Waals surface area contributed by atoms with E-state index in [9.17, 15) is 4.39 Å². The summed E-state index contributed by atoms with van der Waals surface area (Å²) in [5, 5.41) is 3.15. The van der Waals surface area contributed by atoms with Gasteiger partial charge in [0.1, 0.15) is 17.3 Å². The Morgan fingerprint density at radius 3 is 3.11 bits per heavy atom. The van der Waals surface area contributed by atoms with Crippen LogP contribution in [0, 0.1) is 5.82 Å². The number of nitrogens with one attached hydrogen (secondary N) is 1. The topological polar surface area (TPSA) is 34.2 Å². The van der Waals surface area contributed by atoms with E-state index in [1.54, 1.807) is 18.3 Å². The zero-order valence-electron chi connectivity index (χ0n) is 10.7. The molecule has 0 saturated carbocycles. The maximum Gasteiger partial charge on any atom is 0.148 e. The van der Waals surface area contributed by atoms with Crippen LogP contribution in [0.2, 0.25) is 0 Å². The van der Waals surface area contributed by atoms with Crippen LogP contribution >= 0.6 is 0 Å². The molecule has 3 nitrogen and oxygen atoms in total. The molecule has 0 spiro atoms. The maximum atomic E-state index is 13.5. The lowest BCUT2D eigenvalue weighted by molar-refractivity contribution is 0.473. The van der Waals surface area contributed by atoms with Crippen molar-refractivity contribution in [1.82, 2.24) is 10.3 Å². The van der Waals surface area contributed by atoms with Crippen LogP contribution in [0.3, 0.4) is 0 Å². The zero-order chi connectivity index (χ0) is 13.2. The largest absolute Gasteiger partial charge is 0.455 e. The summed E-state index contributed by atoms with van der Waals surface area (Å²) in [5.41, 5.74) is 1.81. The van der Waals surface area contributed by atoms with E-state index in [4.69, 9.17) is 4.74 Å². The second kappa shape index (κ2) is 4.97. The molecule has 1 aliphatic rings. The number of rotatable bonds is 2. The van der Waals surface area contributed by atoms with E-state index in [-0.39, 0.29) is 11.7 Å². The second-order valence-corrected chi connectivity index (χ2v) is 4.69. The van der Waals surface area contributed by atoms with E-state index < -0.39 is 0 Å². The first-order chi connectivity index (χ1) is 9.28. The summed E-state index contributed by atoms with van der Waals surface area (Å²) >= 11 is 0. The molecule has 19 heavy (non-hydrogen) atoms. The Labute approximate surface area is 111 Å². The fourth-order valence-electron chi connectivity index (χ4n) is 2.49. The van der Waals surface area contributed by atoms with Crippen molar-refractivity contribution in [3.05, 3.63) is 53.6 Å². The molecule has 2 heterocycles. The van der Waals surface area contributed by atoms with E-state index in [0.29, 0.717) is 5.75 Å². The molecule has 0 radical (unpaired) electrons. The Hall–Kier alpha value is -1.94. The smallest absolute Gasteiger partial charge is 0.148 e. The molecule has 0 saturated heterocycles. The van der Waals surface area contributed by atoms with Crippen LogP contribution in [0.25, 0.3) is 0 Å². The number of pyridine rings is 1. The van der Waals surface area contributed by atoms with E-state index in [1.165, 1.54) is 6.07 Å². The number of likely N-dealkylation sites (N-methyl/N-ethyl adjacent to an activating group) is 1. The Kier molecular flexibility index (Phi) is 3.17. The Bertz CT molecular complexity index is 600. The van der Waals surface area contributed by atoms with Crippen molar-refractivity contribution in [1.29, 1.82) is 0 Å². The van der Waals surface area contributed by atoms with Gasteiger partial charge in [0.2, 0.25) is 0 Å². The van der Waals surface area contributed by atoms with E-state index in [0.717, 1.165) is 30.0 Å². The highest BCUT2D eigenvalue weighted by Gasteiger charge is 2.24. The van der Waals surface area contributed by atoms with Gasteiger partial charge in [-0.15, -0.1) is 0 Å². The summed E-state index contributed by atoms with van der Waals surface area (Å²) in [6, 6.07) is 8.42. The molecule has 3 rings (SSSR count). The minimum atomic E-state index is -0.234. The van der Waals surface area contributed by atoms with Crippen LogP contribution in [-0.4, -0.2) is 18.6 Å². The van der Waals surface area contributed by atoms with Gasteiger partial charge in [-0.25, -0.2) is 4.39 Å². The maximum absolute atomic E-state index is 13.5. The Morgan fingerprint density at radius 2 is 2.26 bits per heavy atom. The molecular weight excluding hydrogens is 243 g/mol. The summed E-state index contributed by atoms with van der Waals surface area (Å²) in [5.74, 6) is 1.40. The fourth-order valence-corrected chi connectivity index (χ4v) is 2.49. The summed E-state index contributed by atoms with van der Waals surface area (Å²) in [6.45, 7) is 0.760. The lowest BCUT2D eigenvalue weighted by Crippen LogP contribution is -2.19. The lowest BCUT2D eigenvalue weighted by atomic mass is 9.93. The van der Waals surface area contributed by atoms with Crippen LogP contribution in [0.15, 0.2) is 36.5 Å². The van der Waals surface area contributed by atoms with Crippen molar-refractivity contribution in [2.75, 3.05) is 13.6 Å². The highest BCUT2D eigenvalue weighted by atomic mass is 19.1. The molecule has 2 aromatic rings. The first-order valence-electron chi connectivity index (χ1n) is 6.33. The number of halogens is 1. The third-order valence-corrected chi connectivity index (χ3v) is 3.37. The van der Waals surface area contributed by atoms with E-state index in [2.05, 4.69) is 10.3 Å². The van der Waals surface area contributed by atoms with Crippen LogP contribution in [-0.2, 0) is 6.42 Å². The molecule has 1 atom stereocenters. The van der Waals surface area contributed by atoms with Crippen LogP contribution in [0.4, 0.5) is 4.39 Å². The normalized spacial score (nSPS) is 17.1. The molecular formula is C15H15FN2O. The minimum absolute atomic E-state index is 0.159. The SMILES string of the molecule is CNC[C@H]1Cc2ncccc2Oc2ccc(F)cc21. The van der Waals surface area contributed by atoms with Gasteiger partial charge in [0.25, 0.3) is 0 Å². The van der Waals surface area contributed by atoms with Gasteiger partial charge in [-0.1, -0.05) is 0 Å². The standard InChI is InChI=1S/C15H15FN2O/c1-17-9-10-7-13-15(3-2-6-18-13)19-14-5-4-11(16)8-12(10)14/h2-6,8,10,17H,7,9H2,1H3/t10-/m1/s1. The molecule has 0 fully saturated rings.